The van der Waals surface area contributed by atoms with Gasteiger partial charge in [0.25, 0.3) is 5.89 Å². The summed E-state index contributed by atoms with van der Waals surface area (Å²) in [6.07, 6.45) is 1.18. The molecule has 0 spiro atoms. The fraction of sp³-hybridized carbons (Fsp3) is 0.200. The lowest BCUT2D eigenvalue weighted by molar-refractivity contribution is 0.432. The highest BCUT2D eigenvalue weighted by Crippen LogP contribution is 2.30. The minimum absolute atomic E-state index is 0.268. The number of hydrogen-bond acceptors (Lipinski definition) is 6. The van der Waals surface area contributed by atoms with Gasteiger partial charge in [-0.15, -0.1) is 11.3 Å². The second-order valence-electron chi connectivity index (χ2n) is 5.05. The topological polar surface area (TPSA) is 73.1 Å². The smallest absolute Gasteiger partial charge is 0.259 e. The van der Waals surface area contributed by atoms with Gasteiger partial charge in [0.15, 0.2) is 9.84 Å². The van der Waals surface area contributed by atoms with E-state index < -0.39 is 9.84 Å². The number of sulfone groups is 1. The van der Waals surface area contributed by atoms with Crippen LogP contribution in [0, 0.1) is 13.8 Å². The Kier molecular flexibility index (Phi) is 3.62. The van der Waals surface area contributed by atoms with Crippen LogP contribution in [0.25, 0.3) is 22.8 Å². The van der Waals surface area contributed by atoms with Crippen molar-refractivity contribution in [1.29, 1.82) is 0 Å². The molecule has 0 bridgehead atoms. The molecule has 0 saturated carbocycles. The Bertz CT molecular complexity index is 922. The van der Waals surface area contributed by atoms with Gasteiger partial charge in [0, 0.05) is 21.6 Å². The Labute approximate surface area is 132 Å². The number of aromatic nitrogens is 2. The average molecular weight is 334 g/mol. The first-order valence-corrected chi connectivity index (χ1v) is 9.27. The van der Waals surface area contributed by atoms with E-state index in [9.17, 15) is 8.42 Å². The molecule has 0 aliphatic carbocycles. The van der Waals surface area contributed by atoms with Crippen LogP contribution < -0.4 is 0 Å². The molecule has 0 N–H and O–H groups in total. The van der Waals surface area contributed by atoms with Gasteiger partial charge in [0.1, 0.15) is 0 Å². The van der Waals surface area contributed by atoms with Crippen molar-refractivity contribution in [3.63, 3.8) is 0 Å². The van der Waals surface area contributed by atoms with E-state index in [-0.39, 0.29) is 4.90 Å². The summed E-state index contributed by atoms with van der Waals surface area (Å²) in [7, 11) is -3.21. The van der Waals surface area contributed by atoms with Crippen molar-refractivity contribution in [1.82, 2.24) is 10.1 Å². The third kappa shape index (κ3) is 2.82. The van der Waals surface area contributed by atoms with Crippen LogP contribution in [0.5, 0.6) is 0 Å². The molecular formula is C15H14N2O3S2. The van der Waals surface area contributed by atoms with Crippen LogP contribution >= 0.6 is 11.3 Å². The summed E-state index contributed by atoms with van der Waals surface area (Å²) < 4.78 is 28.2. The first-order valence-electron chi connectivity index (χ1n) is 6.56. The summed E-state index contributed by atoms with van der Waals surface area (Å²) in [6.45, 7) is 4.04. The monoisotopic (exact) mass is 334 g/mol. The third-order valence-electron chi connectivity index (χ3n) is 3.24. The van der Waals surface area contributed by atoms with Gasteiger partial charge in [0.05, 0.1) is 10.5 Å². The third-order valence-corrected chi connectivity index (χ3v) is 5.33. The highest BCUT2D eigenvalue weighted by Gasteiger charge is 2.15. The van der Waals surface area contributed by atoms with E-state index >= 15 is 0 Å². The molecule has 0 unspecified atom stereocenters. The van der Waals surface area contributed by atoms with E-state index in [1.54, 1.807) is 35.6 Å². The fourth-order valence-electron chi connectivity index (χ4n) is 2.14. The van der Waals surface area contributed by atoms with Gasteiger partial charge in [-0.3, -0.25) is 0 Å². The number of thiophene rings is 1. The van der Waals surface area contributed by atoms with E-state index in [1.807, 2.05) is 19.9 Å². The van der Waals surface area contributed by atoms with Crippen molar-refractivity contribution in [2.45, 2.75) is 18.7 Å². The zero-order chi connectivity index (χ0) is 15.9. The molecule has 114 valence electrons. The molecular weight excluding hydrogens is 320 g/mol. The number of hydrogen-bond donors (Lipinski definition) is 0. The van der Waals surface area contributed by atoms with E-state index in [1.165, 1.54) is 11.1 Å². The maximum Gasteiger partial charge on any atom is 0.259 e. The van der Waals surface area contributed by atoms with Crippen LogP contribution in [-0.4, -0.2) is 24.8 Å². The van der Waals surface area contributed by atoms with Crippen molar-refractivity contribution in [3.05, 3.63) is 40.1 Å². The number of rotatable bonds is 3. The highest BCUT2D eigenvalue weighted by atomic mass is 32.2. The summed E-state index contributed by atoms with van der Waals surface area (Å²) in [5.74, 6) is 0.919. The van der Waals surface area contributed by atoms with Gasteiger partial charge >= 0.3 is 0 Å². The first kappa shape index (κ1) is 14.9. The van der Waals surface area contributed by atoms with E-state index in [2.05, 4.69) is 10.1 Å². The number of nitrogens with zero attached hydrogens (tertiary/aromatic N) is 2. The quantitative estimate of drug-likeness (QED) is 0.733. The van der Waals surface area contributed by atoms with Crippen molar-refractivity contribution in [2.75, 3.05) is 6.26 Å². The lowest BCUT2D eigenvalue weighted by Gasteiger charge is -1.98. The summed E-state index contributed by atoms with van der Waals surface area (Å²) >= 11 is 1.68. The Morgan fingerprint density at radius 2 is 1.82 bits per heavy atom. The highest BCUT2D eigenvalue weighted by molar-refractivity contribution is 7.90. The lowest BCUT2D eigenvalue weighted by Crippen LogP contribution is -1.96. The largest absolute Gasteiger partial charge is 0.334 e. The van der Waals surface area contributed by atoms with Gasteiger partial charge < -0.3 is 4.52 Å². The summed E-state index contributed by atoms with van der Waals surface area (Å²) in [6, 6.07) is 8.46. The predicted octanol–water partition coefficient (Wildman–Crippen LogP) is 3.49. The Morgan fingerprint density at radius 1 is 1.14 bits per heavy atom. The fourth-order valence-corrected chi connectivity index (χ4v) is 3.69. The Morgan fingerprint density at radius 3 is 2.36 bits per heavy atom. The molecule has 0 fully saturated rings. The van der Waals surface area contributed by atoms with Crippen LogP contribution in [0.2, 0.25) is 0 Å². The van der Waals surface area contributed by atoms with Crippen LogP contribution in [0.1, 0.15) is 9.75 Å². The van der Waals surface area contributed by atoms with Gasteiger partial charge in [-0.1, -0.05) is 5.16 Å². The molecule has 0 aliphatic heterocycles. The minimum atomic E-state index is -3.21. The Balaban J connectivity index is 1.96. The minimum Gasteiger partial charge on any atom is -0.334 e. The van der Waals surface area contributed by atoms with Crippen molar-refractivity contribution >= 4 is 21.2 Å². The molecule has 3 aromatic rings. The SMILES string of the molecule is Cc1cc(-c2nc(-c3ccc(S(C)(=O)=O)cc3)no2)c(C)s1. The van der Waals surface area contributed by atoms with Gasteiger partial charge in [0.2, 0.25) is 5.82 Å². The van der Waals surface area contributed by atoms with Gasteiger partial charge in [-0.2, -0.15) is 4.98 Å². The summed E-state index contributed by atoms with van der Waals surface area (Å²) in [5, 5.41) is 3.97. The maximum absolute atomic E-state index is 11.5. The molecule has 5 nitrogen and oxygen atoms in total. The van der Waals surface area contributed by atoms with Crippen molar-refractivity contribution in [3.8, 4) is 22.8 Å². The average Bonchev–Trinajstić information content (AvgIpc) is 3.04. The van der Waals surface area contributed by atoms with E-state index in [0.29, 0.717) is 17.3 Å². The molecule has 7 heteroatoms. The zero-order valence-electron chi connectivity index (χ0n) is 12.3. The molecule has 2 aromatic heterocycles. The molecule has 0 aliphatic rings. The van der Waals surface area contributed by atoms with Crippen LogP contribution in [0.4, 0.5) is 0 Å². The summed E-state index contributed by atoms with van der Waals surface area (Å²) in [4.78, 5) is 6.97. The maximum atomic E-state index is 11.5. The summed E-state index contributed by atoms with van der Waals surface area (Å²) in [5.41, 5.74) is 1.65. The molecule has 2 heterocycles. The van der Waals surface area contributed by atoms with Crippen molar-refractivity contribution in [2.24, 2.45) is 0 Å². The molecule has 0 radical (unpaired) electrons. The standard InChI is InChI=1S/C15H14N2O3S2/c1-9-8-13(10(2)21-9)15-16-14(17-20-15)11-4-6-12(7-5-11)22(3,18)19/h4-8H,1-3H3. The van der Waals surface area contributed by atoms with Gasteiger partial charge in [-0.05, 0) is 44.2 Å². The van der Waals surface area contributed by atoms with E-state index in [4.69, 9.17) is 4.52 Å². The van der Waals surface area contributed by atoms with E-state index in [0.717, 1.165) is 10.4 Å². The zero-order valence-corrected chi connectivity index (χ0v) is 14.0. The predicted molar refractivity (Wildman–Crippen MR) is 85.6 cm³/mol. The number of aryl methyl sites for hydroxylation is 2. The molecule has 3 rings (SSSR count). The molecule has 1 aromatic carbocycles. The molecule has 22 heavy (non-hydrogen) atoms. The molecule has 0 amide bonds. The second-order valence-corrected chi connectivity index (χ2v) is 8.52. The molecule has 0 atom stereocenters. The first-order chi connectivity index (χ1) is 10.3. The van der Waals surface area contributed by atoms with Crippen LogP contribution in [-0.2, 0) is 9.84 Å². The van der Waals surface area contributed by atoms with Crippen LogP contribution in [0.3, 0.4) is 0 Å². The number of benzene rings is 1. The Hall–Kier alpha value is -1.99. The molecule has 0 saturated heterocycles. The second kappa shape index (κ2) is 5.33. The van der Waals surface area contributed by atoms with Gasteiger partial charge in [-0.25, -0.2) is 8.42 Å². The lowest BCUT2D eigenvalue weighted by atomic mass is 10.2. The van der Waals surface area contributed by atoms with Crippen molar-refractivity contribution < 1.29 is 12.9 Å². The normalized spacial score (nSPS) is 11.8. The van der Waals surface area contributed by atoms with Crippen LogP contribution in [0.15, 0.2) is 39.8 Å².